The predicted octanol–water partition coefficient (Wildman–Crippen LogP) is 3.50. The van der Waals surface area contributed by atoms with E-state index in [1.165, 1.54) is 4.68 Å². The third-order valence-electron chi connectivity index (χ3n) is 3.35. The van der Waals surface area contributed by atoms with Gasteiger partial charge in [0.05, 0.1) is 5.52 Å². The van der Waals surface area contributed by atoms with E-state index in [0.717, 1.165) is 5.56 Å². The molecule has 6 heteroatoms. The number of carbonyl (C=O) groups excluding carboxylic acids is 1. The van der Waals surface area contributed by atoms with Crippen molar-refractivity contribution in [2.24, 2.45) is 0 Å². The number of aryl methyl sites for hydroxylation is 1. The number of carbonyl (C=O) groups is 1. The summed E-state index contributed by atoms with van der Waals surface area (Å²) in [6.45, 7) is 3.57. The van der Waals surface area contributed by atoms with Gasteiger partial charge in [0.2, 0.25) is 0 Å². The maximum atomic E-state index is 12.5. The van der Waals surface area contributed by atoms with Gasteiger partial charge in [0.15, 0.2) is 6.10 Å². The zero-order chi connectivity index (χ0) is 15.7. The van der Waals surface area contributed by atoms with Crippen molar-refractivity contribution >= 4 is 28.5 Å². The van der Waals surface area contributed by atoms with Gasteiger partial charge >= 0.3 is 0 Å². The second-order valence-corrected chi connectivity index (χ2v) is 5.43. The van der Waals surface area contributed by atoms with E-state index in [4.69, 9.17) is 16.3 Å². The molecular formula is C16H14ClN3O2. The molecule has 0 saturated carbocycles. The number of hydrogen-bond acceptors (Lipinski definition) is 4. The van der Waals surface area contributed by atoms with E-state index < -0.39 is 6.10 Å². The summed E-state index contributed by atoms with van der Waals surface area (Å²) in [6.07, 6.45) is -0.690. The Kier molecular flexibility index (Phi) is 3.81. The first kappa shape index (κ1) is 14.5. The number of hydrogen-bond donors (Lipinski definition) is 0. The molecule has 1 heterocycles. The first-order chi connectivity index (χ1) is 10.6. The Bertz CT molecular complexity index is 844. The van der Waals surface area contributed by atoms with Crippen LogP contribution in [0.2, 0.25) is 5.02 Å². The van der Waals surface area contributed by atoms with Crippen LogP contribution in [0, 0.1) is 6.92 Å². The van der Waals surface area contributed by atoms with E-state index in [2.05, 4.69) is 10.3 Å². The molecule has 0 N–H and O–H groups in total. The van der Waals surface area contributed by atoms with E-state index in [-0.39, 0.29) is 5.91 Å². The fourth-order valence-corrected chi connectivity index (χ4v) is 2.42. The quantitative estimate of drug-likeness (QED) is 0.742. The maximum Gasteiger partial charge on any atom is 0.289 e. The van der Waals surface area contributed by atoms with E-state index in [1.54, 1.807) is 37.3 Å². The van der Waals surface area contributed by atoms with Gasteiger partial charge in [-0.15, -0.1) is 5.10 Å². The van der Waals surface area contributed by atoms with Gasteiger partial charge in [-0.05, 0) is 49.7 Å². The Morgan fingerprint density at radius 3 is 2.82 bits per heavy atom. The maximum absolute atomic E-state index is 12.5. The van der Waals surface area contributed by atoms with E-state index >= 15 is 0 Å². The minimum Gasteiger partial charge on any atom is -0.481 e. The highest BCUT2D eigenvalue weighted by atomic mass is 35.5. The Labute approximate surface area is 132 Å². The van der Waals surface area contributed by atoms with Crippen LogP contribution in [0.1, 0.15) is 17.3 Å². The highest BCUT2D eigenvalue weighted by molar-refractivity contribution is 6.30. The monoisotopic (exact) mass is 315 g/mol. The number of para-hydroxylation sites is 1. The van der Waals surface area contributed by atoms with Crippen molar-refractivity contribution in [2.45, 2.75) is 20.0 Å². The molecule has 3 aromatic rings. The first-order valence-electron chi connectivity index (χ1n) is 6.84. The van der Waals surface area contributed by atoms with Crippen LogP contribution in [0.15, 0.2) is 42.5 Å². The Hall–Kier alpha value is -2.40. The van der Waals surface area contributed by atoms with Crippen LogP contribution in [0.4, 0.5) is 0 Å². The van der Waals surface area contributed by atoms with Crippen molar-refractivity contribution in [1.82, 2.24) is 15.0 Å². The number of ether oxygens (including phenoxy) is 1. The smallest absolute Gasteiger partial charge is 0.289 e. The highest BCUT2D eigenvalue weighted by Crippen LogP contribution is 2.23. The van der Waals surface area contributed by atoms with Gasteiger partial charge in [-0.2, -0.15) is 4.68 Å². The normalized spacial score (nSPS) is 12.3. The molecule has 2 aromatic carbocycles. The lowest BCUT2D eigenvalue weighted by molar-refractivity contribution is 0.0713. The van der Waals surface area contributed by atoms with Gasteiger partial charge in [0.25, 0.3) is 5.91 Å². The summed E-state index contributed by atoms with van der Waals surface area (Å²) in [5, 5.41) is 8.52. The second kappa shape index (κ2) is 5.77. The van der Waals surface area contributed by atoms with E-state index in [0.29, 0.717) is 21.8 Å². The molecule has 0 spiro atoms. The van der Waals surface area contributed by atoms with Gasteiger partial charge in [0.1, 0.15) is 11.3 Å². The zero-order valence-corrected chi connectivity index (χ0v) is 12.9. The fourth-order valence-electron chi connectivity index (χ4n) is 2.19. The standard InChI is InChI=1S/C16H14ClN3O2/c1-10-9-12(17)7-8-15(10)22-11(2)16(21)20-14-6-4-3-5-13(14)18-19-20/h3-9,11H,1-2H3/t11-/m1/s1. The van der Waals surface area contributed by atoms with Gasteiger partial charge < -0.3 is 4.74 Å². The summed E-state index contributed by atoms with van der Waals surface area (Å²) in [7, 11) is 0. The molecule has 1 atom stereocenters. The third-order valence-corrected chi connectivity index (χ3v) is 3.58. The summed E-state index contributed by atoms with van der Waals surface area (Å²) in [6, 6.07) is 12.6. The van der Waals surface area contributed by atoms with Gasteiger partial charge in [-0.3, -0.25) is 4.79 Å². The first-order valence-corrected chi connectivity index (χ1v) is 7.21. The number of halogens is 1. The molecule has 0 unspecified atom stereocenters. The van der Waals surface area contributed by atoms with Crippen LogP contribution in [0.5, 0.6) is 5.75 Å². The lowest BCUT2D eigenvalue weighted by Crippen LogP contribution is -2.30. The van der Waals surface area contributed by atoms with Gasteiger partial charge in [0, 0.05) is 5.02 Å². The molecule has 0 aliphatic heterocycles. The Morgan fingerprint density at radius 1 is 1.27 bits per heavy atom. The van der Waals surface area contributed by atoms with Crippen LogP contribution >= 0.6 is 11.6 Å². The lowest BCUT2D eigenvalue weighted by atomic mass is 10.2. The van der Waals surface area contributed by atoms with Gasteiger partial charge in [-0.25, -0.2) is 0 Å². The van der Waals surface area contributed by atoms with Crippen molar-refractivity contribution in [1.29, 1.82) is 0 Å². The molecular weight excluding hydrogens is 302 g/mol. The second-order valence-electron chi connectivity index (χ2n) is 5.00. The van der Waals surface area contributed by atoms with Crippen LogP contribution < -0.4 is 4.74 Å². The average Bonchev–Trinajstić information content (AvgIpc) is 2.93. The summed E-state index contributed by atoms with van der Waals surface area (Å²) in [5.74, 6) is 0.345. The van der Waals surface area contributed by atoms with E-state index in [9.17, 15) is 4.79 Å². The topological polar surface area (TPSA) is 57.0 Å². The zero-order valence-electron chi connectivity index (χ0n) is 12.2. The van der Waals surface area contributed by atoms with Crippen LogP contribution in [-0.2, 0) is 0 Å². The minimum absolute atomic E-state index is 0.275. The van der Waals surface area contributed by atoms with Crippen molar-refractivity contribution in [3.63, 3.8) is 0 Å². The minimum atomic E-state index is -0.690. The van der Waals surface area contributed by atoms with Crippen molar-refractivity contribution in [3.05, 3.63) is 53.1 Å². The molecule has 1 aromatic heterocycles. The van der Waals surface area contributed by atoms with Crippen LogP contribution in [-0.4, -0.2) is 27.0 Å². The fraction of sp³-hybridized carbons (Fsp3) is 0.188. The van der Waals surface area contributed by atoms with Crippen LogP contribution in [0.25, 0.3) is 11.0 Å². The van der Waals surface area contributed by atoms with E-state index in [1.807, 2.05) is 19.1 Å². The molecule has 0 amide bonds. The molecule has 3 rings (SSSR count). The molecule has 5 nitrogen and oxygen atoms in total. The summed E-state index contributed by atoms with van der Waals surface area (Å²) in [5.41, 5.74) is 2.21. The third kappa shape index (κ3) is 2.67. The SMILES string of the molecule is Cc1cc(Cl)ccc1O[C@H](C)C(=O)n1nnc2ccccc21. The molecule has 0 saturated heterocycles. The molecule has 0 fully saturated rings. The highest BCUT2D eigenvalue weighted by Gasteiger charge is 2.21. The van der Waals surface area contributed by atoms with Crippen molar-refractivity contribution < 1.29 is 9.53 Å². The van der Waals surface area contributed by atoms with Crippen LogP contribution in [0.3, 0.4) is 0 Å². The average molecular weight is 316 g/mol. The van der Waals surface area contributed by atoms with Crippen molar-refractivity contribution in [3.8, 4) is 5.75 Å². The number of benzene rings is 2. The summed E-state index contributed by atoms with van der Waals surface area (Å²) >= 11 is 5.92. The van der Waals surface area contributed by atoms with Crippen molar-refractivity contribution in [2.75, 3.05) is 0 Å². The van der Waals surface area contributed by atoms with Gasteiger partial charge in [-0.1, -0.05) is 28.9 Å². The molecule has 0 bridgehead atoms. The number of fused-ring (bicyclic) bond motifs is 1. The molecule has 0 radical (unpaired) electrons. The molecule has 0 aliphatic rings. The Morgan fingerprint density at radius 2 is 2.05 bits per heavy atom. The number of rotatable bonds is 3. The Balaban J connectivity index is 1.85. The summed E-state index contributed by atoms with van der Waals surface area (Å²) < 4.78 is 7.01. The molecule has 22 heavy (non-hydrogen) atoms. The predicted molar refractivity (Wildman–Crippen MR) is 84.4 cm³/mol. The number of nitrogens with zero attached hydrogens (tertiary/aromatic N) is 3. The largest absolute Gasteiger partial charge is 0.481 e. The number of aromatic nitrogens is 3. The summed E-state index contributed by atoms with van der Waals surface area (Å²) in [4.78, 5) is 12.5. The lowest BCUT2D eigenvalue weighted by Gasteiger charge is -2.15. The molecule has 112 valence electrons. The molecule has 0 aliphatic carbocycles.